The van der Waals surface area contributed by atoms with Gasteiger partial charge in [0.15, 0.2) is 5.65 Å². The first-order valence-corrected chi connectivity index (χ1v) is 5.38. The molecular weight excluding hydrogens is 212 g/mol. The van der Waals surface area contributed by atoms with Crippen LogP contribution in [0.15, 0.2) is 43.1 Å². The van der Waals surface area contributed by atoms with E-state index in [4.69, 9.17) is 0 Å². The second-order valence-corrected chi connectivity index (χ2v) is 3.98. The van der Waals surface area contributed by atoms with Gasteiger partial charge in [0.2, 0.25) is 0 Å². The number of pyridine rings is 2. The number of H-pyrrole nitrogens is 1. The Morgan fingerprint density at radius 2 is 1.88 bits per heavy atom. The highest BCUT2D eigenvalue weighted by molar-refractivity contribution is 6.16. The van der Waals surface area contributed by atoms with Crippen molar-refractivity contribution in [2.45, 2.75) is 0 Å². The van der Waals surface area contributed by atoms with Crippen molar-refractivity contribution in [3.8, 4) is 0 Å². The number of hydrogen-bond donors (Lipinski definition) is 1. The van der Waals surface area contributed by atoms with Crippen LogP contribution in [0.5, 0.6) is 0 Å². The fourth-order valence-corrected chi connectivity index (χ4v) is 2.25. The van der Waals surface area contributed by atoms with E-state index >= 15 is 0 Å². The van der Waals surface area contributed by atoms with Gasteiger partial charge in [-0.2, -0.15) is 0 Å². The first-order chi connectivity index (χ1) is 8.43. The summed E-state index contributed by atoms with van der Waals surface area (Å²) in [6.45, 7) is 0. The highest BCUT2D eigenvalue weighted by Gasteiger charge is 2.07. The smallest absolute Gasteiger partial charge is 0.159 e. The molecule has 4 nitrogen and oxygen atoms in total. The van der Waals surface area contributed by atoms with E-state index in [-0.39, 0.29) is 0 Å². The number of nitrogens with one attached hydrogen (secondary N) is 1. The number of hydrogen-bond acceptors (Lipinski definition) is 3. The minimum Gasteiger partial charge on any atom is -0.365 e. The third-order valence-electron chi connectivity index (χ3n) is 3.01. The molecule has 80 valence electrons. The average Bonchev–Trinajstić information content (AvgIpc) is 2.72. The topological polar surface area (TPSA) is 54.5 Å². The lowest BCUT2D eigenvalue weighted by Gasteiger charge is -1.96. The Kier molecular flexibility index (Phi) is 1.53. The van der Waals surface area contributed by atoms with Crippen LogP contribution in [-0.2, 0) is 0 Å². The zero-order valence-electron chi connectivity index (χ0n) is 8.88. The Bertz CT molecular complexity index is 842. The van der Waals surface area contributed by atoms with Crippen LogP contribution in [0.2, 0.25) is 0 Å². The molecule has 0 unspecified atom stereocenters. The number of aromatic amines is 1. The minimum atomic E-state index is 0.754. The monoisotopic (exact) mass is 220 g/mol. The summed E-state index contributed by atoms with van der Waals surface area (Å²) in [6, 6.07) is 3.96. The average molecular weight is 220 g/mol. The van der Waals surface area contributed by atoms with Gasteiger partial charge in [-0.15, -0.1) is 0 Å². The molecule has 0 aliphatic heterocycles. The van der Waals surface area contributed by atoms with Gasteiger partial charge in [-0.25, -0.2) is 9.97 Å². The van der Waals surface area contributed by atoms with E-state index in [0.29, 0.717) is 0 Å². The molecule has 0 aromatic carbocycles. The summed E-state index contributed by atoms with van der Waals surface area (Å²) in [5.74, 6) is 0. The van der Waals surface area contributed by atoms with E-state index in [9.17, 15) is 0 Å². The van der Waals surface area contributed by atoms with Gasteiger partial charge >= 0.3 is 0 Å². The Balaban J connectivity index is 2.47. The maximum absolute atomic E-state index is 4.41. The third kappa shape index (κ3) is 1.09. The van der Waals surface area contributed by atoms with Gasteiger partial charge in [0.05, 0.1) is 5.52 Å². The second kappa shape index (κ2) is 3.01. The number of fused-ring (bicyclic) bond motifs is 2. The molecule has 0 saturated carbocycles. The first kappa shape index (κ1) is 8.64. The summed E-state index contributed by atoms with van der Waals surface area (Å²) >= 11 is 0. The van der Waals surface area contributed by atoms with Crippen molar-refractivity contribution in [2.24, 2.45) is 0 Å². The SMILES string of the molecule is c1cnc2ncc3cnc4c[nH]cc(c2c1)c34. The summed E-state index contributed by atoms with van der Waals surface area (Å²) in [5.41, 5.74) is 1.71. The number of aromatic nitrogens is 4. The molecule has 4 heteroatoms. The summed E-state index contributed by atoms with van der Waals surface area (Å²) < 4.78 is 0. The lowest BCUT2D eigenvalue weighted by Crippen LogP contribution is -1.79. The summed E-state index contributed by atoms with van der Waals surface area (Å²) in [4.78, 5) is 16.2. The van der Waals surface area contributed by atoms with Crippen LogP contribution in [-0.4, -0.2) is 19.9 Å². The van der Waals surface area contributed by atoms with Crippen LogP contribution in [0.25, 0.3) is 32.7 Å². The molecule has 1 N–H and O–H groups in total. The van der Waals surface area contributed by atoms with Crippen LogP contribution >= 0.6 is 0 Å². The lowest BCUT2D eigenvalue weighted by atomic mass is 10.1. The van der Waals surface area contributed by atoms with E-state index in [1.165, 1.54) is 0 Å². The predicted molar refractivity (Wildman–Crippen MR) is 66.7 cm³/mol. The number of rotatable bonds is 0. The highest BCUT2D eigenvalue weighted by Crippen LogP contribution is 2.27. The lowest BCUT2D eigenvalue weighted by molar-refractivity contribution is 1.31. The van der Waals surface area contributed by atoms with E-state index in [0.717, 1.165) is 32.7 Å². The van der Waals surface area contributed by atoms with Crippen molar-refractivity contribution >= 4 is 32.7 Å². The minimum absolute atomic E-state index is 0.754. The Morgan fingerprint density at radius 3 is 2.88 bits per heavy atom. The van der Waals surface area contributed by atoms with E-state index < -0.39 is 0 Å². The van der Waals surface area contributed by atoms with Gasteiger partial charge in [-0.3, -0.25) is 4.98 Å². The quantitative estimate of drug-likeness (QED) is 0.495. The summed E-state index contributed by atoms with van der Waals surface area (Å²) in [5, 5.41) is 4.33. The molecule has 0 fully saturated rings. The molecule has 0 spiro atoms. The number of nitrogens with zero attached hydrogens (tertiary/aromatic N) is 3. The van der Waals surface area contributed by atoms with Gasteiger partial charge in [0.1, 0.15) is 0 Å². The largest absolute Gasteiger partial charge is 0.365 e. The maximum atomic E-state index is 4.41. The van der Waals surface area contributed by atoms with Crippen LogP contribution in [0.3, 0.4) is 0 Å². The van der Waals surface area contributed by atoms with Crippen molar-refractivity contribution in [1.82, 2.24) is 19.9 Å². The van der Waals surface area contributed by atoms with Crippen LogP contribution in [0, 0.1) is 0 Å². The molecule has 0 saturated heterocycles. The van der Waals surface area contributed by atoms with Gasteiger partial charge in [0.25, 0.3) is 0 Å². The van der Waals surface area contributed by atoms with Crippen LogP contribution in [0.4, 0.5) is 0 Å². The van der Waals surface area contributed by atoms with Crippen molar-refractivity contribution in [1.29, 1.82) is 0 Å². The molecule has 0 amide bonds. The van der Waals surface area contributed by atoms with Gasteiger partial charge in [0, 0.05) is 52.5 Å². The highest BCUT2D eigenvalue weighted by atomic mass is 14.8. The molecule has 0 bridgehead atoms. The van der Waals surface area contributed by atoms with Crippen molar-refractivity contribution < 1.29 is 0 Å². The van der Waals surface area contributed by atoms with E-state index in [1.807, 2.05) is 36.9 Å². The van der Waals surface area contributed by atoms with Gasteiger partial charge in [-0.05, 0) is 12.1 Å². The second-order valence-electron chi connectivity index (χ2n) is 3.98. The Morgan fingerprint density at radius 1 is 0.941 bits per heavy atom. The molecular formula is C13H8N4. The fraction of sp³-hybridized carbons (Fsp3) is 0. The normalized spacial score (nSPS) is 11.5. The van der Waals surface area contributed by atoms with Gasteiger partial charge < -0.3 is 4.98 Å². The summed E-state index contributed by atoms with van der Waals surface area (Å²) in [6.07, 6.45) is 9.31. The van der Waals surface area contributed by atoms with Crippen molar-refractivity contribution in [3.63, 3.8) is 0 Å². The molecule has 0 aliphatic rings. The molecule has 4 rings (SSSR count). The van der Waals surface area contributed by atoms with E-state index in [2.05, 4.69) is 19.9 Å². The van der Waals surface area contributed by atoms with Crippen molar-refractivity contribution in [2.75, 3.05) is 0 Å². The molecule has 0 aliphatic carbocycles. The van der Waals surface area contributed by atoms with Gasteiger partial charge in [-0.1, -0.05) is 0 Å². The Hall–Kier alpha value is -2.49. The zero-order valence-corrected chi connectivity index (χ0v) is 8.88. The molecule has 4 heterocycles. The first-order valence-electron chi connectivity index (χ1n) is 5.38. The zero-order chi connectivity index (χ0) is 11.2. The van der Waals surface area contributed by atoms with Crippen LogP contribution in [0.1, 0.15) is 0 Å². The summed E-state index contributed by atoms with van der Waals surface area (Å²) in [7, 11) is 0. The maximum Gasteiger partial charge on any atom is 0.159 e. The molecule has 17 heavy (non-hydrogen) atoms. The predicted octanol–water partition coefficient (Wildman–Crippen LogP) is 2.66. The molecule has 0 radical (unpaired) electrons. The molecule has 4 aromatic rings. The fourth-order valence-electron chi connectivity index (χ4n) is 2.25. The van der Waals surface area contributed by atoms with Crippen molar-refractivity contribution in [3.05, 3.63) is 43.1 Å². The molecule has 4 aromatic heterocycles. The Labute approximate surface area is 96.3 Å². The third-order valence-corrected chi connectivity index (χ3v) is 3.01. The van der Waals surface area contributed by atoms with E-state index in [1.54, 1.807) is 6.20 Å². The standard InChI is InChI=1S/C13H8N4/c1-2-9-10-6-14-7-11-12(10)8(4-16-11)5-17-13(9)15-3-1/h1-7,14H. The van der Waals surface area contributed by atoms with Crippen LogP contribution < -0.4 is 0 Å². The molecule has 0 atom stereocenters.